The molecule has 1 atom stereocenters. The van der Waals surface area contributed by atoms with E-state index in [0.29, 0.717) is 10.6 Å². The van der Waals surface area contributed by atoms with E-state index < -0.39 is 33.7 Å². The monoisotopic (exact) mass is 443 g/mol. The quantitative estimate of drug-likeness (QED) is 0.787. The molecule has 1 unspecified atom stereocenters. The molecule has 2 aromatic carbocycles. The second kappa shape index (κ2) is 8.64. The Kier molecular flexibility index (Phi) is 6.40. The van der Waals surface area contributed by atoms with Gasteiger partial charge in [0.25, 0.3) is 0 Å². The summed E-state index contributed by atoms with van der Waals surface area (Å²) in [7, 11) is -3.66. The lowest BCUT2D eigenvalue weighted by Crippen LogP contribution is -2.53. The molecule has 29 heavy (non-hydrogen) atoms. The number of carbonyl (C=O) groups excluding carboxylic acids is 1. The molecule has 0 spiro atoms. The summed E-state index contributed by atoms with van der Waals surface area (Å²) in [5.74, 6) is -1.94. The highest BCUT2D eigenvalue weighted by atomic mass is 35.5. The van der Waals surface area contributed by atoms with Gasteiger partial charge < -0.3 is 10.2 Å². The zero-order valence-corrected chi connectivity index (χ0v) is 17.2. The fourth-order valence-electron chi connectivity index (χ4n) is 3.03. The SMILES string of the molecule is CC(NC(=O)N1CCN(S(=O)(=O)c2ccc(Cl)cc2)CC1)c1ccc(F)c(F)c1. The fourth-order valence-corrected chi connectivity index (χ4v) is 4.58. The van der Waals surface area contributed by atoms with Gasteiger partial charge in [-0.05, 0) is 48.9 Å². The normalized spacial score (nSPS) is 16.5. The smallest absolute Gasteiger partial charge is 0.317 e. The molecule has 2 aromatic rings. The van der Waals surface area contributed by atoms with E-state index >= 15 is 0 Å². The number of nitrogens with one attached hydrogen (secondary N) is 1. The van der Waals surface area contributed by atoms with Crippen LogP contribution < -0.4 is 5.32 Å². The highest BCUT2D eigenvalue weighted by Gasteiger charge is 2.30. The average molecular weight is 444 g/mol. The van der Waals surface area contributed by atoms with E-state index in [-0.39, 0.29) is 31.1 Å². The van der Waals surface area contributed by atoms with Gasteiger partial charge in [-0.2, -0.15) is 4.31 Å². The van der Waals surface area contributed by atoms with Crippen molar-refractivity contribution in [2.24, 2.45) is 0 Å². The van der Waals surface area contributed by atoms with Gasteiger partial charge in [-0.25, -0.2) is 22.0 Å². The van der Waals surface area contributed by atoms with Crippen molar-refractivity contribution in [1.82, 2.24) is 14.5 Å². The Labute approximate surface area is 173 Å². The average Bonchev–Trinajstić information content (AvgIpc) is 2.70. The van der Waals surface area contributed by atoms with Crippen LogP contribution in [0.1, 0.15) is 18.5 Å². The van der Waals surface area contributed by atoms with Crippen LogP contribution in [-0.4, -0.2) is 49.8 Å². The Hall–Kier alpha value is -2.23. The first kappa shape index (κ1) is 21.5. The van der Waals surface area contributed by atoms with Gasteiger partial charge in [-0.1, -0.05) is 17.7 Å². The van der Waals surface area contributed by atoms with Crippen molar-refractivity contribution in [3.05, 3.63) is 64.7 Å². The van der Waals surface area contributed by atoms with Gasteiger partial charge in [0.1, 0.15) is 0 Å². The molecule has 1 aliphatic heterocycles. The van der Waals surface area contributed by atoms with Crippen LogP contribution in [0.15, 0.2) is 47.4 Å². The van der Waals surface area contributed by atoms with Crippen LogP contribution in [0.5, 0.6) is 0 Å². The number of hydrogen-bond donors (Lipinski definition) is 1. The van der Waals surface area contributed by atoms with Crippen molar-refractivity contribution in [3.8, 4) is 0 Å². The van der Waals surface area contributed by atoms with Crippen LogP contribution in [0, 0.1) is 11.6 Å². The molecule has 2 amide bonds. The Morgan fingerprint density at radius 1 is 1.03 bits per heavy atom. The number of halogens is 3. The van der Waals surface area contributed by atoms with Gasteiger partial charge in [-0.3, -0.25) is 0 Å². The number of hydrogen-bond acceptors (Lipinski definition) is 3. The van der Waals surface area contributed by atoms with Crippen LogP contribution in [0.25, 0.3) is 0 Å². The predicted molar refractivity (Wildman–Crippen MR) is 105 cm³/mol. The number of urea groups is 1. The number of nitrogens with zero attached hydrogens (tertiary/aromatic N) is 2. The van der Waals surface area contributed by atoms with Gasteiger partial charge in [0, 0.05) is 31.2 Å². The minimum Gasteiger partial charge on any atom is -0.331 e. The molecule has 0 aromatic heterocycles. The minimum atomic E-state index is -3.66. The minimum absolute atomic E-state index is 0.145. The zero-order valence-electron chi connectivity index (χ0n) is 15.6. The number of piperazine rings is 1. The zero-order chi connectivity index (χ0) is 21.2. The summed E-state index contributed by atoms with van der Waals surface area (Å²) >= 11 is 5.80. The Balaban J connectivity index is 1.59. The van der Waals surface area contributed by atoms with E-state index in [1.807, 2.05) is 0 Å². The highest BCUT2D eigenvalue weighted by molar-refractivity contribution is 7.89. The molecule has 156 valence electrons. The summed E-state index contributed by atoms with van der Waals surface area (Å²) in [5, 5.41) is 3.16. The maximum Gasteiger partial charge on any atom is 0.317 e. The maximum atomic E-state index is 13.4. The van der Waals surface area contributed by atoms with Crippen LogP contribution >= 0.6 is 11.6 Å². The second-order valence-corrected chi connectivity index (χ2v) is 9.06. The number of amides is 2. The van der Waals surface area contributed by atoms with Crippen molar-refractivity contribution < 1.29 is 22.0 Å². The van der Waals surface area contributed by atoms with E-state index in [9.17, 15) is 22.0 Å². The summed E-state index contributed by atoms with van der Waals surface area (Å²) < 4.78 is 53.1. The molecule has 1 fully saturated rings. The third kappa shape index (κ3) is 4.85. The van der Waals surface area contributed by atoms with Gasteiger partial charge in [-0.15, -0.1) is 0 Å². The van der Waals surface area contributed by atoms with Crippen LogP contribution in [-0.2, 0) is 10.0 Å². The molecule has 1 N–H and O–H groups in total. The van der Waals surface area contributed by atoms with Gasteiger partial charge >= 0.3 is 6.03 Å². The largest absolute Gasteiger partial charge is 0.331 e. The third-order valence-corrected chi connectivity index (χ3v) is 6.93. The Morgan fingerprint density at radius 2 is 1.66 bits per heavy atom. The first-order chi connectivity index (χ1) is 13.7. The van der Waals surface area contributed by atoms with Crippen molar-refractivity contribution >= 4 is 27.7 Å². The first-order valence-electron chi connectivity index (χ1n) is 8.94. The number of sulfonamides is 1. The summed E-state index contributed by atoms with van der Waals surface area (Å²) in [6, 6.07) is 8.43. The summed E-state index contributed by atoms with van der Waals surface area (Å²) in [4.78, 5) is 14.1. The lowest BCUT2D eigenvalue weighted by atomic mass is 10.1. The molecule has 0 saturated carbocycles. The first-order valence-corrected chi connectivity index (χ1v) is 10.8. The van der Waals surface area contributed by atoms with Gasteiger partial charge in [0.15, 0.2) is 11.6 Å². The van der Waals surface area contributed by atoms with Crippen molar-refractivity contribution in [3.63, 3.8) is 0 Å². The van der Waals surface area contributed by atoms with E-state index in [1.54, 1.807) is 6.92 Å². The van der Waals surface area contributed by atoms with E-state index in [4.69, 9.17) is 11.6 Å². The molecule has 0 aliphatic carbocycles. The molecule has 1 saturated heterocycles. The molecule has 6 nitrogen and oxygen atoms in total. The molecular formula is C19H20ClF2N3O3S. The highest BCUT2D eigenvalue weighted by Crippen LogP contribution is 2.20. The molecule has 0 radical (unpaired) electrons. The molecule has 1 heterocycles. The lowest BCUT2D eigenvalue weighted by molar-refractivity contribution is 0.169. The van der Waals surface area contributed by atoms with Crippen molar-refractivity contribution in [2.45, 2.75) is 17.9 Å². The summed E-state index contributed by atoms with van der Waals surface area (Å²) in [6.45, 7) is 2.38. The Bertz CT molecular complexity index is 994. The second-order valence-electron chi connectivity index (χ2n) is 6.69. The van der Waals surface area contributed by atoms with E-state index in [1.165, 1.54) is 39.5 Å². The predicted octanol–water partition coefficient (Wildman–Crippen LogP) is 3.40. The van der Waals surface area contributed by atoms with E-state index in [0.717, 1.165) is 12.1 Å². The fraction of sp³-hybridized carbons (Fsp3) is 0.316. The van der Waals surface area contributed by atoms with Gasteiger partial charge in [0.2, 0.25) is 10.0 Å². The number of carbonyl (C=O) groups is 1. The molecule has 10 heteroatoms. The molecule has 0 bridgehead atoms. The molecule has 1 aliphatic rings. The van der Waals surface area contributed by atoms with Crippen LogP contribution in [0.4, 0.5) is 13.6 Å². The summed E-state index contributed by atoms with van der Waals surface area (Å²) in [6.07, 6.45) is 0. The van der Waals surface area contributed by atoms with Gasteiger partial charge in [0.05, 0.1) is 10.9 Å². The molecule has 3 rings (SSSR count). The molecular weight excluding hydrogens is 424 g/mol. The lowest BCUT2D eigenvalue weighted by Gasteiger charge is -2.34. The number of benzene rings is 2. The van der Waals surface area contributed by atoms with Crippen LogP contribution in [0.2, 0.25) is 5.02 Å². The number of rotatable bonds is 4. The Morgan fingerprint density at radius 3 is 2.24 bits per heavy atom. The topological polar surface area (TPSA) is 69.7 Å². The van der Waals surface area contributed by atoms with Crippen molar-refractivity contribution in [2.75, 3.05) is 26.2 Å². The third-order valence-electron chi connectivity index (χ3n) is 4.76. The van der Waals surface area contributed by atoms with E-state index in [2.05, 4.69) is 5.32 Å². The van der Waals surface area contributed by atoms with Crippen LogP contribution in [0.3, 0.4) is 0 Å². The standard InChI is InChI=1S/C19H20ClF2N3O3S/c1-13(14-2-7-17(21)18(22)12-14)23-19(26)24-8-10-25(11-9-24)29(27,28)16-5-3-15(20)4-6-16/h2-7,12-13H,8-11H2,1H3,(H,23,26). The maximum absolute atomic E-state index is 13.4. The summed E-state index contributed by atoms with van der Waals surface area (Å²) in [5.41, 5.74) is 0.432. The van der Waals surface area contributed by atoms with Crippen molar-refractivity contribution in [1.29, 1.82) is 0 Å².